The van der Waals surface area contributed by atoms with Crippen molar-refractivity contribution in [2.45, 2.75) is 11.3 Å². The van der Waals surface area contributed by atoms with E-state index in [1.165, 1.54) is 19.2 Å². The lowest BCUT2D eigenvalue weighted by Crippen LogP contribution is -2.27. The zero-order valence-electron chi connectivity index (χ0n) is 17.5. The third-order valence-corrected chi connectivity index (χ3v) is 6.52. The maximum absolute atomic E-state index is 12.8. The minimum atomic E-state index is -3.86. The van der Waals surface area contributed by atoms with Crippen LogP contribution in [0.5, 0.6) is 5.75 Å². The fourth-order valence-electron chi connectivity index (χ4n) is 3.47. The lowest BCUT2D eigenvalue weighted by atomic mass is 10.1. The summed E-state index contributed by atoms with van der Waals surface area (Å²) in [7, 11) is -2.36. The highest BCUT2D eigenvalue weighted by molar-refractivity contribution is 7.92. The number of aromatic amines is 1. The van der Waals surface area contributed by atoms with Crippen LogP contribution in [0.3, 0.4) is 0 Å². The van der Waals surface area contributed by atoms with E-state index in [4.69, 9.17) is 4.74 Å². The van der Waals surface area contributed by atoms with Crippen LogP contribution in [0, 0.1) is 0 Å². The molecular formula is C24H23N3O4S. The first-order chi connectivity index (χ1) is 15.5. The molecule has 32 heavy (non-hydrogen) atoms. The Kier molecular flexibility index (Phi) is 6.13. The van der Waals surface area contributed by atoms with E-state index in [0.29, 0.717) is 18.7 Å². The van der Waals surface area contributed by atoms with Crippen LogP contribution < -0.4 is 14.8 Å². The number of anilines is 1. The topological polar surface area (TPSA) is 100 Å². The molecule has 7 nitrogen and oxygen atoms in total. The number of nitrogens with one attached hydrogen (secondary N) is 3. The number of para-hydroxylation sites is 2. The molecule has 1 amide bonds. The van der Waals surface area contributed by atoms with Gasteiger partial charge in [-0.15, -0.1) is 0 Å². The molecule has 4 aromatic rings. The Balaban J connectivity index is 1.45. The van der Waals surface area contributed by atoms with Crippen LogP contribution in [0.4, 0.5) is 5.69 Å². The molecule has 0 saturated carbocycles. The van der Waals surface area contributed by atoms with Gasteiger partial charge in [-0.05, 0) is 54.4 Å². The molecule has 1 aromatic heterocycles. The zero-order chi connectivity index (χ0) is 22.6. The van der Waals surface area contributed by atoms with Crippen molar-refractivity contribution in [2.75, 3.05) is 18.4 Å². The molecule has 0 radical (unpaired) electrons. The summed E-state index contributed by atoms with van der Waals surface area (Å²) in [4.78, 5) is 16.1. The van der Waals surface area contributed by atoms with Gasteiger partial charge in [-0.25, -0.2) is 8.42 Å². The van der Waals surface area contributed by atoms with E-state index in [0.717, 1.165) is 16.5 Å². The molecule has 164 valence electrons. The third-order valence-electron chi connectivity index (χ3n) is 5.14. The molecule has 3 aromatic carbocycles. The van der Waals surface area contributed by atoms with Crippen molar-refractivity contribution in [2.24, 2.45) is 0 Å². The lowest BCUT2D eigenvalue weighted by Gasteiger charge is -2.13. The van der Waals surface area contributed by atoms with Gasteiger partial charge < -0.3 is 15.0 Å². The second-order valence-corrected chi connectivity index (χ2v) is 8.87. The number of methoxy groups -OCH3 is 1. The number of hydrogen-bond acceptors (Lipinski definition) is 4. The number of carbonyl (C=O) groups excluding carboxylic acids is 1. The SMILES string of the molecule is COc1ccc(S(=O)(=O)Nc2ccccc2C(=O)NCCc2c[nH]c3ccccc23)cc1. The zero-order valence-corrected chi connectivity index (χ0v) is 18.3. The number of ether oxygens (including phenoxy) is 1. The Morgan fingerprint density at radius 3 is 2.47 bits per heavy atom. The standard InChI is InChI=1S/C24H23N3O4S/c1-31-18-10-12-19(13-11-18)32(29,30)27-23-9-5-3-7-21(23)24(28)25-15-14-17-16-26-22-8-4-2-6-20(17)22/h2-13,16,26-27H,14-15H2,1H3,(H,25,28). The first-order valence-electron chi connectivity index (χ1n) is 10.1. The van der Waals surface area contributed by atoms with Gasteiger partial charge in [0.1, 0.15) is 5.75 Å². The average molecular weight is 450 g/mol. The smallest absolute Gasteiger partial charge is 0.261 e. The number of sulfonamides is 1. The van der Waals surface area contributed by atoms with Gasteiger partial charge in [0.05, 0.1) is 23.3 Å². The second-order valence-electron chi connectivity index (χ2n) is 7.19. The highest BCUT2D eigenvalue weighted by Crippen LogP contribution is 2.22. The minimum absolute atomic E-state index is 0.0767. The van der Waals surface area contributed by atoms with Crippen molar-refractivity contribution in [3.63, 3.8) is 0 Å². The number of carbonyl (C=O) groups is 1. The normalized spacial score (nSPS) is 11.3. The molecule has 0 aliphatic heterocycles. The predicted octanol–water partition coefficient (Wildman–Crippen LogP) is 3.95. The number of rotatable bonds is 8. The first kappa shape index (κ1) is 21.5. The van der Waals surface area contributed by atoms with E-state index in [-0.39, 0.29) is 22.1 Å². The third kappa shape index (κ3) is 4.60. The fraction of sp³-hybridized carbons (Fsp3) is 0.125. The molecule has 1 heterocycles. The molecule has 0 atom stereocenters. The van der Waals surface area contributed by atoms with Gasteiger partial charge in [0.25, 0.3) is 15.9 Å². The Labute approximate surface area is 186 Å². The van der Waals surface area contributed by atoms with Crippen LogP contribution >= 0.6 is 0 Å². The number of H-pyrrole nitrogens is 1. The van der Waals surface area contributed by atoms with Crippen LogP contribution in [0.1, 0.15) is 15.9 Å². The molecule has 8 heteroatoms. The first-order valence-corrected chi connectivity index (χ1v) is 11.6. The molecule has 0 aliphatic carbocycles. The number of fused-ring (bicyclic) bond motifs is 1. The molecule has 3 N–H and O–H groups in total. The summed E-state index contributed by atoms with van der Waals surface area (Å²) >= 11 is 0. The van der Waals surface area contributed by atoms with Crippen molar-refractivity contribution in [1.82, 2.24) is 10.3 Å². The molecule has 0 bridgehead atoms. The van der Waals surface area contributed by atoms with Crippen LogP contribution in [-0.4, -0.2) is 33.0 Å². The Morgan fingerprint density at radius 1 is 0.969 bits per heavy atom. The summed E-state index contributed by atoms with van der Waals surface area (Å²) in [6.07, 6.45) is 2.59. The van der Waals surface area contributed by atoms with Gasteiger partial charge in [0.2, 0.25) is 0 Å². The van der Waals surface area contributed by atoms with Gasteiger partial charge in [-0.1, -0.05) is 30.3 Å². The summed E-state index contributed by atoms with van der Waals surface area (Å²) < 4.78 is 33.1. The molecule has 4 rings (SSSR count). The van der Waals surface area contributed by atoms with E-state index in [1.807, 2.05) is 30.5 Å². The molecule has 0 saturated heterocycles. The van der Waals surface area contributed by atoms with Crippen molar-refractivity contribution in [1.29, 1.82) is 0 Å². The van der Waals surface area contributed by atoms with E-state index in [9.17, 15) is 13.2 Å². The fourth-order valence-corrected chi connectivity index (χ4v) is 4.55. The Bertz CT molecular complexity index is 1350. The van der Waals surface area contributed by atoms with Crippen molar-refractivity contribution in [3.05, 3.63) is 90.1 Å². The summed E-state index contributed by atoms with van der Waals surface area (Å²) in [5, 5.41) is 4.00. The summed E-state index contributed by atoms with van der Waals surface area (Å²) in [5.74, 6) is 0.205. The van der Waals surface area contributed by atoms with Gasteiger partial charge >= 0.3 is 0 Å². The highest BCUT2D eigenvalue weighted by Gasteiger charge is 2.18. The minimum Gasteiger partial charge on any atom is -0.497 e. The summed E-state index contributed by atoms with van der Waals surface area (Å²) in [6.45, 7) is 0.417. The predicted molar refractivity (Wildman–Crippen MR) is 125 cm³/mol. The molecule has 0 unspecified atom stereocenters. The van der Waals surface area contributed by atoms with Crippen LogP contribution in [0.15, 0.2) is 83.9 Å². The highest BCUT2D eigenvalue weighted by atomic mass is 32.2. The summed E-state index contributed by atoms with van der Waals surface area (Å²) in [5.41, 5.74) is 2.62. The maximum atomic E-state index is 12.8. The second kappa shape index (κ2) is 9.15. The Hall–Kier alpha value is -3.78. The molecule has 0 fully saturated rings. The average Bonchev–Trinajstić information content (AvgIpc) is 3.22. The number of aromatic nitrogens is 1. The van der Waals surface area contributed by atoms with E-state index in [2.05, 4.69) is 15.0 Å². The van der Waals surface area contributed by atoms with E-state index < -0.39 is 10.0 Å². The number of benzene rings is 3. The van der Waals surface area contributed by atoms with E-state index >= 15 is 0 Å². The maximum Gasteiger partial charge on any atom is 0.261 e. The van der Waals surface area contributed by atoms with Crippen LogP contribution in [0.2, 0.25) is 0 Å². The van der Waals surface area contributed by atoms with Crippen molar-refractivity contribution < 1.29 is 17.9 Å². The molecular weight excluding hydrogens is 426 g/mol. The van der Waals surface area contributed by atoms with Crippen LogP contribution in [-0.2, 0) is 16.4 Å². The van der Waals surface area contributed by atoms with Crippen molar-refractivity contribution >= 4 is 32.5 Å². The van der Waals surface area contributed by atoms with Gasteiger partial charge in [-0.2, -0.15) is 0 Å². The van der Waals surface area contributed by atoms with Crippen LogP contribution in [0.25, 0.3) is 10.9 Å². The number of amides is 1. The van der Waals surface area contributed by atoms with Crippen molar-refractivity contribution in [3.8, 4) is 5.75 Å². The lowest BCUT2D eigenvalue weighted by molar-refractivity contribution is 0.0955. The monoisotopic (exact) mass is 449 g/mol. The molecule has 0 spiro atoms. The Morgan fingerprint density at radius 2 is 1.69 bits per heavy atom. The summed E-state index contributed by atoms with van der Waals surface area (Å²) in [6, 6.07) is 20.5. The number of hydrogen-bond donors (Lipinski definition) is 3. The van der Waals surface area contributed by atoms with Gasteiger partial charge in [-0.3, -0.25) is 9.52 Å². The molecule has 0 aliphatic rings. The quantitative estimate of drug-likeness (QED) is 0.379. The van der Waals surface area contributed by atoms with Gasteiger partial charge in [0.15, 0.2) is 0 Å². The largest absolute Gasteiger partial charge is 0.497 e. The van der Waals surface area contributed by atoms with Gasteiger partial charge in [0, 0.05) is 23.6 Å². The van der Waals surface area contributed by atoms with E-state index in [1.54, 1.807) is 36.4 Å².